The Balaban J connectivity index is 2.05. The molecule has 0 saturated carbocycles. The number of hydrogen-bond donors (Lipinski definition) is 2. The van der Waals surface area contributed by atoms with E-state index in [4.69, 9.17) is 5.14 Å². The first-order valence-electron chi connectivity index (χ1n) is 7.47. The molecule has 0 spiro atoms. The van der Waals surface area contributed by atoms with Gasteiger partial charge < -0.3 is 5.32 Å². The Hall–Kier alpha value is -2.44. The molecule has 0 fully saturated rings. The zero-order valence-electron chi connectivity index (χ0n) is 13.6. The smallest absolute Gasteiger partial charge is 0.248 e. The van der Waals surface area contributed by atoms with E-state index in [-0.39, 0.29) is 10.8 Å². The van der Waals surface area contributed by atoms with Crippen LogP contribution in [0.2, 0.25) is 0 Å². The number of hydrogen-bond acceptors (Lipinski definition) is 3. The average molecular weight is 344 g/mol. The van der Waals surface area contributed by atoms with Gasteiger partial charge in [-0.05, 0) is 41.3 Å². The summed E-state index contributed by atoms with van der Waals surface area (Å²) in [6.07, 6.45) is 3.09. The number of anilines is 1. The van der Waals surface area contributed by atoms with Crippen molar-refractivity contribution in [2.24, 2.45) is 5.14 Å². The van der Waals surface area contributed by atoms with E-state index in [1.54, 1.807) is 12.1 Å². The van der Waals surface area contributed by atoms with Gasteiger partial charge in [0.1, 0.15) is 0 Å². The molecule has 0 aromatic heterocycles. The molecule has 0 unspecified atom stereocenters. The van der Waals surface area contributed by atoms with Gasteiger partial charge in [0, 0.05) is 11.8 Å². The molecule has 0 saturated heterocycles. The first-order chi connectivity index (χ1) is 11.3. The van der Waals surface area contributed by atoms with Crippen molar-refractivity contribution in [3.8, 4) is 0 Å². The summed E-state index contributed by atoms with van der Waals surface area (Å²) >= 11 is 0. The number of sulfonamides is 1. The fourth-order valence-electron chi connectivity index (χ4n) is 2.10. The minimum atomic E-state index is -3.80. The van der Waals surface area contributed by atoms with Gasteiger partial charge in [-0.25, -0.2) is 13.6 Å². The number of nitrogens with one attached hydrogen (secondary N) is 1. The van der Waals surface area contributed by atoms with Crippen LogP contribution in [-0.2, 0) is 14.8 Å². The second-order valence-electron chi connectivity index (χ2n) is 5.72. The number of carbonyl (C=O) groups excluding carboxylic acids is 1. The van der Waals surface area contributed by atoms with Crippen LogP contribution in [0.15, 0.2) is 59.5 Å². The van der Waals surface area contributed by atoms with Crippen LogP contribution >= 0.6 is 0 Å². The van der Waals surface area contributed by atoms with Gasteiger partial charge in [0.25, 0.3) is 0 Å². The summed E-state index contributed by atoms with van der Waals surface area (Å²) in [5, 5.41) is 7.68. The first kappa shape index (κ1) is 17.9. The van der Waals surface area contributed by atoms with Gasteiger partial charge >= 0.3 is 0 Å². The molecular weight excluding hydrogens is 324 g/mol. The third-order valence-corrected chi connectivity index (χ3v) is 4.37. The quantitative estimate of drug-likeness (QED) is 0.817. The second-order valence-corrected chi connectivity index (χ2v) is 7.28. The normalized spacial score (nSPS) is 11.8. The summed E-state index contributed by atoms with van der Waals surface area (Å²) in [5.74, 6) is 0.104. The summed E-state index contributed by atoms with van der Waals surface area (Å²) in [6, 6.07) is 13.7. The second kappa shape index (κ2) is 7.42. The summed E-state index contributed by atoms with van der Waals surface area (Å²) in [7, 11) is -3.80. The van der Waals surface area contributed by atoms with Gasteiger partial charge in [0.2, 0.25) is 15.9 Å². The molecule has 0 aliphatic rings. The van der Waals surface area contributed by atoms with Gasteiger partial charge in [-0.3, -0.25) is 4.79 Å². The summed E-state index contributed by atoms with van der Waals surface area (Å²) < 4.78 is 22.6. The monoisotopic (exact) mass is 344 g/mol. The highest BCUT2D eigenvalue weighted by atomic mass is 32.2. The van der Waals surface area contributed by atoms with E-state index in [0.29, 0.717) is 11.6 Å². The molecule has 0 heterocycles. The van der Waals surface area contributed by atoms with Crippen LogP contribution in [0.3, 0.4) is 0 Å². The summed E-state index contributed by atoms with van der Waals surface area (Å²) in [6.45, 7) is 4.24. The maximum atomic E-state index is 11.9. The fraction of sp³-hybridized carbons (Fsp3) is 0.167. The fourth-order valence-corrected chi connectivity index (χ4v) is 2.66. The first-order valence-corrected chi connectivity index (χ1v) is 9.02. The zero-order chi connectivity index (χ0) is 17.7. The Morgan fingerprint density at radius 2 is 1.79 bits per heavy atom. The maximum Gasteiger partial charge on any atom is 0.248 e. The third kappa shape index (κ3) is 5.04. The van der Waals surface area contributed by atoms with Crippen molar-refractivity contribution in [3.63, 3.8) is 0 Å². The van der Waals surface area contributed by atoms with E-state index in [2.05, 4.69) is 19.2 Å². The van der Waals surface area contributed by atoms with Crippen LogP contribution in [0.1, 0.15) is 30.9 Å². The van der Waals surface area contributed by atoms with E-state index >= 15 is 0 Å². The van der Waals surface area contributed by atoms with Crippen LogP contribution in [0.4, 0.5) is 5.69 Å². The molecule has 0 atom stereocenters. The molecule has 2 aromatic carbocycles. The van der Waals surface area contributed by atoms with Crippen molar-refractivity contribution in [1.82, 2.24) is 0 Å². The Morgan fingerprint density at radius 1 is 1.12 bits per heavy atom. The minimum absolute atomic E-state index is 0.0476. The van der Waals surface area contributed by atoms with E-state index in [1.165, 1.54) is 29.8 Å². The molecule has 0 bridgehead atoms. The predicted molar refractivity (Wildman–Crippen MR) is 96.0 cm³/mol. The number of carbonyl (C=O) groups is 1. The predicted octanol–water partition coefficient (Wildman–Crippen LogP) is 3.11. The molecule has 0 radical (unpaired) electrons. The highest BCUT2D eigenvalue weighted by Crippen LogP contribution is 2.16. The van der Waals surface area contributed by atoms with Crippen LogP contribution < -0.4 is 10.5 Å². The number of rotatable bonds is 5. The maximum absolute atomic E-state index is 11.9. The van der Waals surface area contributed by atoms with Crippen LogP contribution in [0.5, 0.6) is 0 Å². The summed E-state index contributed by atoms with van der Waals surface area (Å²) in [4.78, 5) is 11.9. The van der Waals surface area contributed by atoms with E-state index in [0.717, 1.165) is 5.56 Å². The topological polar surface area (TPSA) is 89.3 Å². The lowest BCUT2D eigenvalue weighted by Gasteiger charge is -2.05. The molecule has 24 heavy (non-hydrogen) atoms. The minimum Gasteiger partial charge on any atom is -0.322 e. The van der Waals surface area contributed by atoms with E-state index < -0.39 is 10.0 Å². The molecule has 0 aliphatic carbocycles. The van der Waals surface area contributed by atoms with E-state index in [9.17, 15) is 13.2 Å². The van der Waals surface area contributed by atoms with Crippen molar-refractivity contribution in [1.29, 1.82) is 0 Å². The van der Waals surface area contributed by atoms with Crippen molar-refractivity contribution in [2.45, 2.75) is 24.7 Å². The van der Waals surface area contributed by atoms with Gasteiger partial charge in [-0.1, -0.05) is 44.2 Å². The van der Waals surface area contributed by atoms with Crippen molar-refractivity contribution in [3.05, 3.63) is 65.7 Å². The number of amides is 1. The lowest BCUT2D eigenvalue weighted by molar-refractivity contribution is -0.111. The molecule has 2 rings (SSSR count). The zero-order valence-corrected chi connectivity index (χ0v) is 14.4. The van der Waals surface area contributed by atoms with Crippen LogP contribution in [0, 0.1) is 0 Å². The van der Waals surface area contributed by atoms with Gasteiger partial charge in [-0.2, -0.15) is 0 Å². The summed E-state index contributed by atoms with van der Waals surface area (Å²) in [5.41, 5.74) is 2.51. The molecule has 5 nitrogen and oxygen atoms in total. The van der Waals surface area contributed by atoms with Crippen molar-refractivity contribution in [2.75, 3.05) is 5.32 Å². The number of primary sulfonamides is 1. The molecular formula is C18H20N2O3S. The molecule has 6 heteroatoms. The lowest BCUT2D eigenvalue weighted by atomic mass is 10.0. The number of benzene rings is 2. The van der Waals surface area contributed by atoms with E-state index in [1.807, 2.05) is 24.3 Å². The Morgan fingerprint density at radius 3 is 2.38 bits per heavy atom. The molecule has 2 aromatic rings. The van der Waals surface area contributed by atoms with Crippen molar-refractivity contribution >= 4 is 27.7 Å². The largest absolute Gasteiger partial charge is 0.322 e. The van der Waals surface area contributed by atoms with Gasteiger partial charge in [0.15, 0.2) is 0 Å². The highest BCUT2D eigenvalue weighted by molar-refractivity contribution is 7.89. The lowest BCUT2D eigenvalue weighted by Crippen LogP contribution is -2.13. The Labute approximate surface area is 142 Å². The standard InChI is InChI=1S/C18H20N2O3S/c1-13(2)15-9-6-14(7-10-15)8-11-18(21)20-16-4-3-5-17(12-16)24(19,22)23/h3-13H,1-2H3,(H,20,21)(H2,19,22,23)/b11-8+. The van der Waals surface area contributed by atoms with Gasteiger partial charge in [0.05, 0.1) is 4.90 Å². The Bertz CT molecular complexity index is 854. The molecule has 3 N–H and O–H groups in total. The molecule has 0 aliphatic heterocycles. The van der Waals surface area contributed by atoms with Crippen molar-refractivity contribution < 1.29 is 13.2 Å². The van der Waals surface area contributed by atoms with Crippen LogP contribution in [-0.4, -0.2) is 14.3 Å². The average Bonchev–Trinajstić information content (AvgIpc) is 2.53. The molecule has 1 amide bonds. The SMILES string of the molecule is CC(C)c1ccc(/C=C/C(=O)Nc2cccc(S(N)(=O)=O)c2)cc1. The third-order valence-electron chi connectivity index (χ3n) is 3.46. The Kier molecular flexibility index (Phi) is 5.54. The number of nitrogens with two attached hydrogens (primary N) is 1. The van der Waals surface area contributed by atoms with Crippen LogP contribution in [0.25, 0.3) is 6.08 Å². The van der Waals surface area contributed by atoms with Gasteiger partial charge in [-0.15, -0.1) is 0 Å². The highest BCUT2D eigenvalue weighted by Gasteiger charge is 2.08. The molecule has 126 valence electrons.